The fourth-order valence-electron chi connectivity index (χ4n) is 0.685. The average molecular weight is 347 g/mol. The quantitative estimate of drug-likeness (QED) is 0.659. The van der Waals surface area contributed by atoms with E-state index in [1.165, 1.54) is 0 Å². The minimum absolute atomic E-state index is 0.440. The number of hydrogen-bond acceptors (Lipinski definition) is 0. The SMILES string of the molecule is FCc1cc(Br)c(Br)c(Br)c1. The molecule has 0 nitrogen and oxygen atoms in total. The third-order valence-electron chi connectivity index (χ3n) is 1.20. The number of benzene rings is 1. The van der Waals surface area contributed by atoms with Crippen LogP contribution in [0.2, 0.25) is 0 Å². The van der Waals surface area contributed by atoms with Gasteiger partial charge in [0.05, 0.1) is 0 Å². The summed E-state index contributed by atoms with van der Waals surface area (Å²) in [6.07, 6.45) is 0. The second-order valence-corrected chi connectivity index (χ2v) is 4.51. The fourth-order valence-corrected chi connectivity index (χ4v) is 2.20. The van der Waals surface area contributed by atoms with E-state index in [-0.39, 0.29) is 0 Å². The van der Waals surface area contributed by atoms with E-state index in [0.29, 0.717) is 5.56 Å². The molecule has 11 heavy (non-hydrogen) atoms. The van der Waals surface area contributed by atoms with E-state index in [9.17, 15) is 4.39 Å². The van der Waals surface area contributed by atoms with Crippen LogP contribution in [0.4, 0.5) is 4.39 Å². The monoisotopic (exact) mass is 344 g/mol. The Bertz CT molecular complexity index is 249. The molecule has 0 saturated carbocycles. The lowest BCUT2D eigenvalue weighted by molar-refractivity contribution is 0.485. The van der Waals surface area contributed by atoms with Crippen LogP contribution in [0.1, 0.15) is 5.56 Å². The van der Waals surface area contributed by atoms with Crippen LogP contribution >= 0.6 is 47.8 Å². The van der Waals surface area contributed by atoms with Crippen LogP contribution in [0.15, 0.2) is 25.6 Å². The lowest BCUT2D eigenvalue weighted by Gasteiger charge is -2.01. The molecule has 1 aromatic carbocycles. The topological polar surface area (TPSA) is 0 Å². The third kappa shape index (κ3) is 2.26. The molecule has 1 rings (SSSR count). The van der Waals surface area contributed by atoms with Crippen LogP contribution in [0.5, 0.6) is 0 Å². The number of alkyl halides is 1. The highest BCUT2D eigenvalue weighted by molar-refractivity contribution is 9.14. The Hall–Kier alpha value is 0.590. The van der Waals surface area contributed by atoms with Gasteiger partial charge < -0.3 is 0 Å². The number of rotatable bonds is 1. The van der Waals surface area contributed by atoms with Crippen LogP contribution in [0.25, 0.3) is 0 Å². The highest BCUT2D eigenvalue weighted by Gasteiger charge is 2.03. The maximum atomic E-state index is 12.2. The minimum Gasteiger partial charge on any atom is -0.246 e. The molecule has 60 valence electrons. The molecule has 0 N–H and O–H groups in total. The first-order chi connectivity index (χ1) is 5.15. The van der Waals surface area contributed by atoms with Crippen molar-refractivity contribution >= 4 is 47.8 Å². The van der Waals surface area contributed by atoms with Gasteiger partial charge in [0.2, 0.25) is 0 Å². The summed E-state index contributed by atoms with van der Waals surface area (Å²) in [5.74, 6) is 0. The van der Waals surface area contributed by atoms with Crippen molar-refractivity contribution in [3.05, 3.63) is 31.1 Å². The molecule has 0 bridgehead atoms. The zero-order chi connectivity index (χ0) is 8.43. The maximum absolute atomic E-state index is 12.2. The lowest BCUT2D eigenvalue weighted by Crippen LogP contribution is -1.80. The van der Waals surface area contributed by atoms with Crippen molar-refractivity contribution in [3.63, 3.8) is 0 Å². The van der Waals surface area contributed by atoms with E-state index < -0.39 is 6.67 Å². The molecule has 0 amide bonds. The zero-order valence-corrected chi connectivity index (χ0v) is 10.1. The van der Waals surface area contributed by atoms with E-state index in [4.69, 9.17) is 0 Å². The van der Waals surface area contributed by atoms with Crippen molar-refractivity contribution in [2.45, 2.75) is 6.67 Å². The van der Waals surface area contributed by atoms with Crippen LogP contribution in [0, 0.1) is 0 Å². The second-order valence-electron chi connectivity index (χ2n) is 2.01. The van der Waals surface area contributed by atoms with Gasteiger partial charge in [-0.1, -0.05) is 0 Å². The first kappa shape index (κ1) is 9.68. The van der Waals surface area contributed by atoms with Gasteiger partial charge >= 0.3 is 0 Å². The summed E-state index contributed by atoms with van der Waals surface area (Å²) in [7, 11) is 0. The van der Waals surface area contributed by atoms with Gasteiger partial charge in [0, 0.05) is 13.4 Å². The highest BCUT2D eigenvalue weighted by atomic mass is 79.9. The Morgan fingerprint density at radius 2 is 1.55 bits per heavy atom. The molecular formula is C7H4Br3F. The molecule has 0 aromatic heterocycles. The number of halogens is 4. The first-order valence-electron chi connectivity index (χ1n) is 2.84. The Balaban J connectivity index is 3.21. The summed E-state index contributed by atoms with van der Waals surface area (Å²) in [4.78, 5) is 0. The molecule has 0 heterocycles. The van der Waals surface area contributed by atoms with Crippen molar-refractivity contribution in [2.75, 3.05) is 0 Å². The van der Waals surface area contributed by atoms with E-state index in [0.717, 1.165) is 13.4 Å². The van der Waals surface area contributed by atoms with Crippen molar-refractivity contribution in [2.24, 2.45) is 0 Å². The van der Waals surface area contributed by atoms with Gasteiger partial charge in [0.1, 0.15) is 6.67 Å². The molecular weight excluding hydrogens is 343 g/mol. The van der Waals surface area contributed by atoms with Gasteiger partial charge in [-0.05, 0) is 65.5 Å². The molecule has 0 fully saturated rings. The van der Waals surface area contributed by atoms with Crippen molar-refractivity contribution in [3.8, 4) is 0 Å². The van der Waals surface area contributed by atoms with Crippen LogP contribution < -0.4 is 0 Å². The summed E-state index contributed by atoms with van der Waals surface area (Å²) in [6, 6.07) is 3.49. The molecule has 0 atom stereocenters. The molecule has 0 aliphatic rings. The highest BCUT2D eigenvalue weighted by Crippen LogP contribution is 2.32. The standard InChI is InChI=1S/C7H4Br3F/c8-5-1-4(3-11)2-6(9)7(5)10/h1-2H,3H2. The molecule has 1 aromatic rings. The summed E-state index contributed by atoms with van der Waals surface area (Å²) in [5, 5.41) is 0. The molecule has 0 saturated heterocycles. The van der Waals surface area contributed by atoms with Gasteiger partial charge in [0.15, 0.2) is 0 Å². The third-order valence-corrected chi connectivity index (χ3v) is 4.37. The van der Waals surface area contributed by atoms with Crippen molar-refractivity contribution in [1.29, 1.82) is 0 Å². The second kappa shape index (κ2) is 4.01. The maximum Gasteiger partial charge on any atom is 0.115 e. The van der Waals surface area contributed by atoms with Gasteiger partial charge in [-0.25, -0.2) is 4.39 Å². The zero-order valence-electron chi connectivity index (χ0n) is 5.37. The van der Waals surface area contributed by atoms with Gasteiger partial charge in [-0.2, -0.15) is 0 Å². The smallest absolute Gasteiger partial charge is 0.115 e. The Morgan fingerprint density at radius 1 is 1.09 bits per heavy atom. The predicted octanol–water partition coefficient (Wildman–Crippen LogP) is 4.44. The van der Waals surface area contributed by atoms with E-state index in [2.05, 4.69) is 47.8 Å². The Morgan fingerprint density at radius 3 is 1.91 bits per heavy atom. The fraction of sp³-hybridized carbons (Fsp3) is 0.143. The number of hydrogen-bond donors (Lipinski definition) is 0. The first-order valence-corrected chi connectivity index (χ1v) is 5.22. The Labute approximate surface area is 89.6 Å². The van der Waals surface area contributed by atoms with Gasteiger partial charge in [0.25, 0.3) is 0 Å². The molecule has 0 aliphatic heterocycles. The normalized spacial score (nSPS) is 10.2. The molecule has 4 heteroatoms. The molecule has 0 radical (unpaired) electrons. The summed E-state index contributed by atoms with van der Waals surface area (Å²) >= 11 is 9.91. The van der Waals surface area contributed by atoms with Crippen molar-refractivity contribution in [1.82, 2.24) is 0 Å². The molecule has 0 unspecified atom stereocenters. The van der Waals surface area contributed by atoms with Crippen molar-refractivity contribution < 1.29 is 4.39 Å². The lowest BCUT2D eigenvalue weighted by atomic mass is 10.2. The Kier molecular flexibility index (Phi) is 3.52. The minimum atomic E-state index is -0.440. The molecule has 0 aliphatic carbocycles. The van der Waals surface area contributed by atoms with E-state index in [1.807, 2.05) is 0 Å². The van der Waals surface area contributed by atoms with E-state index in [1.54, 1.807) is 12.1 Å². The average Bonchev–Trinajstić information content (AvgIpc) is 1.99. The van der Waals surface area contributed by atoms with Crippen LogP contribution in [-0.2, 0) is 6.67 Å². The van der Waals surface area contributed by atoms with E-state index >= 15 is 0 Å². The summed E-state index contributed by atoms with van der Waals surface area (Å²) < 4.78 is 14.8. The van der Waals surface area contributed by atoms with Gasteiger partial charge in [-0.15, -0.1) is 0 Å². The molecule has 0 spiro atoms. The van der Waals surface area contributed by atoms with Crippen LogP contribution in [0.3, 0.4) is 0 Å². The summed E-state index contributed by atoms with van der Waals surface area (Å²) in [6.45, 7) is -0.440. The largest absolute Gasteiger partial charge is 0.246 e. The predicted molar refractivity (Wildman–Crippen MR) is 54.4 cm³/mol. The van der Waals surface area contributed by atoms with Crippen LogP contribution in [-0.4, -0.2) is 0 Å². The van der Waals surface area contributed by atoms with Gasteiger partial charge in [-0.3, -0.25) is 0 Å². The summed E-state index contributed by atoms with van der Waals surface area (Å²) in [5.41, 5.74) is 0.659.